The molecule has 180 valence electrons. The summed E-state index contributed by atoms with van der Waals surface area (Å²) in [5.41, 5.74) is 1.59. The molecular formula is C26H29B2BrN2O4. The van der Waals surface area contributed by atoms with Crippen molar-refractivity contribution in [2.24, 2.45) is 0 Å². The van der Waals surface area contributed by atoms with Crippen molar-refractivity contribution in [1.82, 2.24) is 0 Å². The van der Waals surface area contributed by atoms with Crippen molar-refractivity contribution in [2.45, 2.75) is 57.6 Å². The van der Waals surface area contributed by atoms with Crippen LogP contribution < -0.4 is 10.5 Å². The molecule has 1 atom stereocenters. The van der Waals surface area contributed by atoms with E-state index in [0.717, 1.165) is 32.2 Å². The molecule has 2 aliphatic heterocycles. The van der Waals surface area contributed by atoms with Gasteiger partial charge in [-0.1, -0.05) is 58.4 Å². The Morgan fingerprint density at radius 1 is 0.943 bits per heavy atom. The third-order valence-electron chi connectivity index (χ3n) is 7.32. The van der Waals surface area contributed by atoms with Crippen LogP contribution in [-0.4, -0.2) is 31.3 Å². The second-order valence-corrected chi connectivity index (χ2v) is 11.1. The fraction of sp³-hybridized carbons (Fsp3) is 0.346. The van der Waals surface area contributed by atoms with Gasteiger partial charge < -0.3 is 24.5 Å². The van der Waals surface area contributed by atoms with E-state index in [1.54, 1.807) is 0 Å². The van der Waals surface area contributed by atoms with Crippen LogP contribution in [0.2, 0.25) is 5.72 Å². The Kier molecular flexibility index (Phi) is 6.36. The molecule has 2 N–H and O–H groups in total. The largest absolute Gasteiger partial charge is 0.461 e. The number of hydrogen-bond acceptors (Lipinski definition) is 6. The van der Waals surface area contributed by atoms with Crippen LogP contribution in [0.4, 0.5) is 11.4 Å². The average molecular weight is 535 g/mol. The van der Waals surface area contributed by atoms with Crippen molar-refractivity contribution in [2.75, 3.05) is 10.5 Å². The van der Waals surface area contributed by atoms with Gasteiger partial charge in [-0.15, -0.1) is 0 Å². The summed E-state index contributed by atoms with van der Waals surface area (Å²) < 4.78 is 19.4. The number of ether oxygens (including phenoxy) is 1. The van der Waals surface area contributed by atoms with E-state index in [9.17, 15) is 4.79 Å². The predicted octanol–water partition coefficient (Wildman–Crippen LogP) is 6.06. The molecule has 0 unspecified atom stereocenters. The second kappa shape index (κ2) is 9.19. The van der Waals surface area contributed by atoms with Crippen molar-refractivity contribution in [1.29, 1.82) is 0 Å². The number of carbonyl (C=O) groups is 1. The van der Waals surface area contributed by atoms with Gasteiger partial charge >= 0.3 is 20.1 Å². The maximum atomic E-state index is 13.1. The predicted molar refractivity (Wildman–Crippen MR) is 145 cm³/mol. The molecule has 6 nitrogen and oxygen atoms in total. The minimum atomic E-state index is -0.592. The van der Waals surface area contributed by atoms with E-state index in [1.807, 2.05) is 64.1 Å². The zero-order chi connectivity index (χ0) is 24.8. The Bertz CT molecular complexity index is 1210. The van der Waals surface area contributed by atoms with E-state index in [1.165, 1.54) is 0 Å². The van der Waals surface area contributed by atoms with Gasteiger partial charge in [0.25, 0.3) is 0 Å². The van der Waals surface area contributed by atoms with Crippen molar-refractivity contribution < 1.29 is 18.8 Å². The zero-order valence-electron chi connectivity index (χ0n) is 20.4. The van der Waals surface area contributed by atoms with Crippen LogP contribution in [0.1, 0.15) is 39.7 Å². The summed E-state index contributed by atoms with van der Waals surface area (Å²) in [6.07, 6.45) is 0.129. The molecule has 2 aliphatic rings. The lowest BCUT2D eigenvalue weighted by Gasteiger charge is -2.32. The Morgan fingerprint density at radius 2 is 1.54 bits per heavy atom. The van der Waals surface area contributed by atoms with E-state index in [4.69, 9.17) is 14.0 Å². The Hall–Kier alpha value is -2.48. The van der Waals surface area contributed by atoms with Gasteiger partial charge in [-0.25, -0.2) is 0 Å². The number of hydrogen-bond donors (Lipinski definition) is 2. The van der Waals surface area contributed by atoms with Gasteiger partial charge in [0.15, 0.2) is 0 Å². The van der Waals surface area contributed by atoms with E-state index in [0.29, 0.717) is 0 Å². The maximum absolute atomic E-state index is 13.1. The van der Waals surface area contributed by atoms with E-state index in [-0.39, 0.29) is 31.7 Å². The molecule has 1 saturated heterocycles. The number of benzene rings is 3. The highest BCUT2D eigenvalue weighted by atomic mass is 79.9. The maximum Gasteiger partial charge on any atom is 0.458 e. The van der Waals surface area contributed by atoms with Crippen molar-refractivity contribution in [3.63, 3.8) is 0 Å². The Balaban J connectivity index is 1.40. The molecule has 3 aromatic rings. The zero-order valence-corrected chi connectivity index (χ0v) is 22.0. The van der Waals surface area contributed by atoms with Crippen molar-refractivity contribution in [3.8, 4) is 0 Å². The van der Waals surface area contributed by atoms with Gasteiger partial charge in [0.1, 0.15) is 6.61 Å². The third kappa shape index (κ3) is 4.69. The number of anilines is 2. The highest BCUT2D eigenvalue weighted by Crippen LogP contribution is 2.43. The van der Waals surface area contributed by atoms with Crippen LogP contribution in [0, 0.1) is 0 Å². The summed E-state index contributed by atoms with van der Waals surface area (Å²) in [5.74, 6) is -0.305. The van der Waals surface area contributed by atoms with Gasteiger partial charge in [0.2, 0.25) is 0 Å². The van der Waals surface area contributed by atoms with Crippen molar-refractivity contribution in [3.05, 3.63) is 70.7 Å². The second-order valence-electron chi connectivity index (χ2n) is 10.2. The molecule has 0 saturated carbocycles. The van der Waals surface area contributed by atoms with Crippen LogP contribution in [0.15, 0.2) is 65.1 Å². The first-order chi connectivity index (χ1) is 16.6. The van der Waals surface area contributed by atoms with Crippen LogP contribution in [0.25, 0.3) is 10.8 Å². The Labute approximate surface area is 215 Å². The standard InChI is InChI=1S/C26H29B2BrN2O4/c1-25(2)26(3,4)35-28(34-25)22(15-23(32)33-16-18-9-5-6-12-19(18)29)27-30-20-13-7-10-17-11-8-14-21(31-27)24(17)20/h5-14,22,30-31H,15-16H2,1-4H3/t22-/m1/s1. The topological polar surface area (TPSA) is 68.8 Å². The normalized spacial score (nSPS) is 18.7. The molecule has 2 heterocycles. The fourth-order valence-electron chi connectivity index (χ4n) is 4.63. The molecule has 5 rings (SSSR count). The van der Waals surface area contributed by atoms with Gasteiger partial charge in [0, 0.05) is 38.9 Å². The summed E-state index contributed by atoms with van der Waals surface area (Å²) in [5, 5.41) is 9.48. The highest BCUT2D eigenvalue weighted by molar-refractivity contribution is 9.10. The lowest BCUT2D eigenvalue weighted by Crippen LogP contribution is -2.49. The minimum Gasteiger partial charge on any atom is -0.461 e. The summed E-state index contributed by atoms with van der Waals surface area (Å²) in [7, 11) is -0.592. The van der Waals surface area contributed by atoms with Crippen LogP contribution in [0.3, 0.4) is 0 Å². The lowest BCUT2D eigenvalue weighted by atomic mass is 9.44. The van der Waals surface area contributed by atoms with Crippen LogP contribution in [-0.2, 0) is 25.4 Å². The van der Waals surface area contributed by atoms with Gasteiger partial charge in [0.05, 0.1) is 11.2 Å². The van der Waals surface area contributed by atoms with Crippen LogP contribution in [0.5, 0.6) is 0 Å². The molecule has 9 heteroatoms. The molecule has 0 bridgehead atoms. The van der Waals surface area contributed by atoms with Gasteiger partial charge in [-0.2, -0.15) is 0 Å². The van der Waals surface area contributed by atoms with E-state index in [2.05, 4.69) is 50.7 Å². The first kappa shape index (κ1) is 24.2. The lowest BCUT2D eigenvalue weighted by molar-refractivity contribution is -0.144. The van der Waals surface area contributed by atoms with Gasteiger partial charge in [-0.05, 0) is 51.3 Å². The summed E-state index contributed by atoms with van der Waals surface area (Å²) in [6.45, 7) is 7.99. The molecule has 0 spiro atoms. The monoisotopic (exact) mass is 534 g/mol. The molecule has 0 aliphatic carbocycles. The first-order valence-corrected chi connectivity index (χ1v) is 12.7. The smallest absolute Gasteiger partial charge is 0.458 e. The number of esters is 1. The Morgan fingerprint density at radius 3 is 2.14 bits per heavy atom. The van der Waals surface area contributed by atoms with Crippen molar-refractivity contribution >= 4 is 58.1 Å². The quantitative estimate of drug-likeness (QED) is 0.296. The molecule has 0 amide bonds. The molecular weight excluding hydrogens is 506 g/mol. The minimum absolute atomic E-state index is 0.129. The van der Waals surface area contributed by atoms with E-state index < -0.39 is 18.3 Å². The first-order valence-electron chi connectivity index (χ1n) is 11.9. The van der Waals surface area contributed by atoms with E-state index >= 15 is 0 Å². The average Bonchev–Trinajstić information content (AvgIpc) is 3.03. The number of halogens is 1. The summed E-state index contributed by atoms with van der Waals surface area (Å²) >= 11 is 3.52. The summed E-state index contributed by atoms with van der Waals surface area (Å²) in [4.78, 5) is 13.1. The molecule has 1 fully saturated rings. The third-order valence-corrected chi connectivity index (χ3v) is 8.10. The molecule has 0 radical (unpaired) electrons. The summed E-state index contributed by atoms with van der Waals surface area (Å²) in [6, 6.07) is 20.1. The molecule has 3 aromatic carbocycles. The van der Waals surface area contributed by atoms with Gasteiger partial charge in [-0.3, -0.25) is 4.79 Å². The fourth-order valence-corrected chi connectivity index (χ4v) is 5.03. The highest BCUT2D eigenvalue weighted by Gasteiger charge is 2.57. The number of rotatable bonds is 6. The number of nitrogens with one attached hydrogen (secondary N) is 2. The molecule has 0 aromatic heterocycles. The van der Waals surface area contributed by atoms with Crippen LogP contribution >= 0.6 is 15.9 Å². The number of carbonyl (C=O) groups excluding carboxylic acids is 1. The SMILES string of the molecule is CC1(C)OB([C@H](CC(=O)OCc2ccccc2Br)B2Nc3cccc4cccc(c34)N2)OC1(C)C. The molecule has 35 heavy (non-hydrogen) atoms.